The molecule has 21 heavy (non-hydrogen) atoms. The van der Waals surface area contributed by atoms with Gasteiger partial charge in [-0.25, -0.2) is 4.79 Å². The van der Waals surface area contributed by atoms with E-state index >= 15 is 0 Å². The Morgan fingerprint density at radius 3 is 2.76 bits per heavy atom. The molecule has 2 N–H and O–H groups in total. The van der Waals surface area contributed by atoms with Crippen LogP contribution in [0.4, 0.5) is 0 Å². The molecule has 2 aromatic rings. The monoisotopic (exact) mass is 289 g/mol. The Morgan fingerprint density at radius 1 is 1.33 bits per heavy atom. The summed E-state index contributed by atoms with van der Waals surface area (Å²) >= 11 is 0. The van der Waals surface area contributed by atoms with E-state index in [9.17, 15) is 9.59 Å². The number of carboxylic acid groups (broad SMARTS) is 1. The van der Waals surface area contributed by atoms with Crippen LogP contribution in [0.2, 0.25) is 0 Å². The molecule has 0 unspecified atom stereocenters. The number of nitrogens with zero attached hydrogens (tertiary/aromatic N) is 2. The number of rotatable bonds is 6. The highest BCUT2D eigenvalue weighted by molar-refractivity contribution is 5.89. The molecule has 7 nitrogen and oxygen atoms in total. The van der Waals surface area contributed by atoms with Crippen molar-refractivity contribution < 1.29 is 19.2 Å². The smallest absolute Gasteiger partial charge is 0.335 e. The fourth-order valence-electron chi connectivity index (χ4n) is 1.87. The molecule has 0 saturated heterocycles. The minimum Gasteiger partial charge on any atom is -0.478 e. The van der Waals surface area contributed by atoms with E-state index in [-0.39, 0.29) is 24.4 Å². The molecule has 0 aliphatic carbocycles. The summed E-state index contributed by atoms with van der Waals surface area (Å²) in [7, 11) is 0. The van der Waals surface area contributed by atoms with Crippen LogP contribution in [0.25, 0.3) is 0 Å². The van der Waals surface area contributed by atoms with Gasteiger partial charge >= 0.3 is 5.97 Å². The van der Waals surface area contributed by atoms with Crippen LogP contribution in [0.1, 0.15) is 34.1 Å². The molecule has 1 heterocycles. The normalized spacial score (nSPS) is 10.3. The lowest BCUT2D eigenvalue weighted by Gasteiger charge is -2.06. The van der Waals surface area contributed by atoms with Crippen LogP contribution in [0, 0.1) is 6.92 Å². The summed E-state index contributed by atoms with van der Waals surface area (Å²) in [5.41, 5.74) is 0.856. The number of aromatic carboxylic acids is 1. The summed E-state index contributed by atoms with van der Waals surface area (Å²) in [4.78, 5) is 26.8. The second kappa shape index (κ2) is 6.65. The highest BCUT2D eigenvalue weighted by atomic mass is 16.5. The SMILES string of the molecule is Cc1nc(CNC(=O)CCc2ccccc2C(=O)O)no1. The van der Waals surface area contributed by atoms with Crippen molar-refractivity contribution in [3.63, 3.8) is 0 Å². The Balaban J connectivity index is 1.85. The molecule has 2 rings (SSSR count). The van der Waals surface area contributed by atoms with E-state index in [0.29, 0.717) is 23.7 Å². The molecule has 1 aromatic carbocycles. The molecule has 0 aliphatic rings. The number of nitrogens with one attached hydrogen (secondary N) is 1. The van der Waals surface area contributed by atoms with Gasteiger partial charge in [0.05, 0.1) is 12.1 Å². The molecule has 0 atom stereocenters. The summed E-state index contributed by atoms with van der Waals surface area (Å²) in [6.07, 6.45) is 0.556. The summed E-state index contributed by atoms with van der Waals surface area (Å²) < 4.78 is 4.79. The van der Waals surface area contributed by atoms with Gasteiger partial charge in [0.1, 0.15) is 0 Å². The van der Waals surface area contributed by atoms with Crippen LogP contribution in [-0.2, 0) is 17.8 Å². The van der Waals surface area contributed by atoms with E-state index in [1.54, 1.807) is 25.1 Å². The molecule has 0 bridgehead atoms. The first-order valence-electron chi connectivity index (χ1n) is 6.43. The lowest BCUT2D eigenvalue weighted by molar-refractivity contribution is -0.121. The van der Waals surface area contributed by atoms with Crippen molar-refractivity contribution in [2.24, 2.45) is 0 Å². The van der Waals surface area contributed by atoms with Crippen LogP contribution >= 0.6 is 0 Å². The fraction of sp³-hybridized carbons (Fsp3) is 0.286. The van der Waals surface area contributed by atoms with E-state index in [0.717, 1.165) is 0 Å². The van der Waals surface area contributed by atoms with E-state index in [1.165, 1.54) is 6.07 Å². The van der Waals surface area contributed by atoms with Crippen molar-refractivity contribution in [2.75, 3.05) is 0 Å². The number of carbonyl (C=O) groups is 2. The Bertz CT molecular complexity index is 651. The lowest BCUT2D eigenvalue weighted by atomic mass is 10.0. The molecule has 1 amide bonds. The lowest BCUT2D eigenvalue weighted by Crippen LogP contribution is -2.23. The van der Waals surface area contributed by atoms with Gasteiger partial charge in [0.15, 0.2) is 5.82 Å². The average molecular weight is 289 g/mol. The summed E-state index contributed by atoms with van der Waals surface area (Å²) in [5, 5.41) is 15.4. The van der Waals surface area contributed by atoms with E-state index in [2.05, 4.69) is 15.5 Å². The van der Waals surface area contributed by atoms with Crippen LogP contribution < -0.4 is 5.32 Å². The molecule has 0 spiro atoms. The Hall–Kier alpha value is -2.70. The first kappa shape index (κ1) is 14.7. The zero-order valence-electron chi connectivity index (χ0n) is 11.5. The van der Waals surface area contributed by atoms with Gasteiger partial charge in [-0.15, -0.1) is 0 Å². The standard InChI is InChI=1S/C14H15N3O4/c1-9-16-12(17-21-9)8-15-13(18)7-6-10-4-2-3-5-11(10)14(19)20/h2-5H,6-8H2,1H3,(H,15,18)(H,19,20). The van der Waals surface area contributed by atoms with E-state index < -0.39 is 5.97 Å². The van der Waals surface area contributed by atoms with E-state index in [4.69, 9.17) is 9.63 Å². The van der Waals surface area contributed by atoms with Gasteiger partial charge in [-0.1, -0.05) is 23.4 Å². The number of benzene rings is 1. The number of hydrogen-bond acceptors (Lipinski definition) is 5. The molecule has 0 fully saturated rings. The molecule has 0 radical (unpaired) electrons. The first-order valence-corrected chi connectivity index (χ1v) is 6.43. The van der Waals surface area contributed by atoms with Crippen molar-refractivity contribution >= 4 is 11.9 Å². The van der Waals surface area contributed by atoms with Gasteiger partial charge < -0.3 is 14.9 Å². The zero-order chi connectivity index (χ0) is 15.2. The van der Waals surface area contributed by atoms with Crippen LogP contribution in [0.3, 0.4) is 0 Å². The zero-order valence-corrected chi connectivity index (χ0v) is 11.5. The van der Waals surface area contributed by atoms with E-state index in [1.807, 2.05) is 0 Å². The maximum atomic E-state index is 11.7. The summed E-state index contributed by atoms with van der Waals surface area (Å²) in [5.74, 6) is -0.340. The minimum absolute atomic E-state index is 0.191. The predicted molar refractivity (Wildman–Crippen MR) is 72.6 cm³/mol. The number of carboxylic acids is 1. The second-order valence-electron chi connectivity index (χ2n) is 4.47. The molecule has 1 aromatic heterocycles. The number of amides is 1. The summed E-state index contributed by atoms with van der Waals surface area (Å²) in [6.45, 7) is 1.86. The van der Waals surface area contributed by atoms with Gasteiger partial charge in [0.25, 0.3) is 0 Å². The molecule has 0 aliphatic heterocycles. The molecule has 7 heteroatoms. The first-order chi connectivity index (χ1) is 10.1. The fourth-order valence-corrected chi connectivity index (χ4v) is 1.87. The minimum atomic E-state index is -0.992. The Morgan fingerprint density at radius 2 is 2.10 bits per heavy atom. The maximum absolute atomic E-state index is 11.7. The van der Waals surface area contributed by atoms with Crippen molar-refractivity contribution in [3.05, 3.63) is 47.1 Å². The van der Waals surface area contributed by atoms with Gasteiger partial charge in [0, 0.05) is 13.3 Å². The molecular weight excluding hydrogens is 274 g/mol. The molecule has 0 saturated carbocycles. The van der Waals surface area contributed by atoms with Crippen LogP contribution in [-0.4, -0.2) is 27.1 Å². The highest BCUT2D eigenvalue weighted by Crippen LogP contribution is 2.11. The number of aromatic nitrogens is 2. The number of carbonyl (C=O) groups excluding carboxylic acids is 1. The van der Waals surface area contributed by atoms with Gasteiger partial charge in [-0.05, 0) is 18.1 Å². The van der Waals surface area contributed by atoms with Crippen molar-refractivity contribution in [2.45, 2.75) is 26.3 Å². The third-order valence-electron chi connectivity index (χ3n) is 2.88. The third kappa shape index (κ3) is 4.13. The topological polar surface area (TPSA) is 105 Å². The van der Waals surface area contributed by atoms with Gasteiger partial charge in [-0.2, -0.15) is 4.98 Å². The third-order valence-corrected chi connectivity index (χ3v) is 2.88. The van der Waals surface area contributed by atoms with Crippen molar-refractivity contribution in [1.29, 1.82) is 0 Å². The largest absolute Gasteiger partial charge is 0.478 e. The second-order valence-corrected chi connectivity index (χ2v) is 4.47. The van der Waals surface area contributed by atoms with Crippen LogP contribution in [0.15, 0.2) is 28.8 Å². The van der Waals surface area contributed by atoms with Crippen molar-refractivity contribution in [1.82, 2.24) is 15.5 Å². The summed E-state index contributed by atoms with van der Waals surface area (Å²) in [6, 6.07) is 6.64. The maximum Gasteiger partial charge on any atom is 0.335 e. The highest BCUT2D eigenvalue weighted by Gasteiger charge is 2.11. The number of hydrogen-bond donors (Lipinski definition) is 2. The van der Waals surface area contributed by atoms with Crippen molar-refractivity contribution in [3.8, 4) is 0 Å². The average Bonchev–Trinajstić information content (AvgIpc) is 2.88. The van der Waals surface area contributed by atoms with Gasteiger partial charge in [0.2, 0.25) is 11.8 Å². The molecular formula is C14H15N3O4. The Kier molecular flexibility index (Phi) is 4.65. The predicted octanol–water partition coefficient (Wildman–Crippen LogP) is 1.33. The molecule has 110 valence electrons. The van der Waals surface area contributed by atoms with Gasteiger partial charge in [-0.3, -0.25) is 4.79 Å². The number of aryl methyl sites for hydroxylation is 2. The Labute approximate surface area is 121 Å². The van der Waals surface area contributed by atoms with Crippen LogP contribution in [0.5, 0.6) is 0 Å². The quantitative estimate of drug-likeness (QED) is 0.831.